The van der Waals surface area contributed by atoms with Crippen LogP contribution in [0.5, 0.6) is 0 Å². The van der Waals surface area contributed by atoms with E-state index in [-0.39, 0.29) is 11.1 Å². The van der Waals surface area contributed by atoms with E-state index in [1.54, 1.807) is 30.8 Å². The van der Waals surface area contributed by atoms with Crippen LogP contribution in [0.2, 0.25) is 0 Å². The van der Waals surface area contributed by atoms with E-state index in [4.69, 9.17) is 0 Å². The van der Waals surface area contributed by atoms with Gasteiger partial charge in [-0.3, -0.25) is 9.78 Å². The molecule has 7 heteroatoms. The van der Waals surface area contributed by atoms with Crippen LogP contribution in [-0.4, -0.2) is 21.1 Å². The van der Waals surface area contributed by atoms with Gasteiger partial charge in [-0.25, -0.2) is 13.8 Å². The second kappa shape index (κ2) is 6.16. The summed E-state index contributed by atoms with van der Waals surface area (Å²) in [4.78, 5) is 22.9. The molecule has 4 heterocycles. The van der Waals surface area contributed by atoms with Crippen molar-refractivity contribution < 1.29 is 8.78 Å². The van der Waals surface area contributed by atoms with Crippen molar-refractivity contribution >= 4 is 22.4 Å². The van der Waals surface area contributed by atoms with Gasteiger partial charge < -0.3 is 9.47 Å². The van der Waals surface area contributed by atoms with Crippen molar-refractivity contribution in [2.24, 2.45) is 7.05 Å². The highest BCUT2D eigenvalue weighted by atomic mass is 19.3. The summed E-state index contributed by atoms with van der Waals surface area (Å²) in [6, 6.07) is 5.11. The quantitative estimate of drug-likeness (QED) is 0.703. The molecule has 0 fully saturated rings. The number of aromatic nitrogens is 3. The Hall–Kier alpha value is -2.83. The molecule has 5 nitrogen and oxygen atoms in total. The highest BCUT2D eigenvalue weighted by Gasteiger charge is 2.24. The third kappa shape index (κ3) is 2.55. The van der Waals surface area contributed by atoms with Crippen LogP contribution >= 0.6 is 0 Å². The minimum Gasteiger partial charge on any atom is -0.324 e. The highest BCUT2D eigenvalue weighted by molar-refractivity contribution is 5.92. The van der Waals surface area contributed by atoms with Crippen LogP contribution in [0.1, 0.15) is 29.7 Å². The van der Waals surface area contributed by atoms with Gasteiger partial charge in [0.05, 0.1) is 16.9 Å². The Morgan fingerprint density at radius 1 is 1.23 bits per heavy atom. The summed E-state index contributed by atoms with van der Waals surface area (Å²) < 4.78 is 27.9. The molecule has 1 aliphatic heterocycles. The normalized spacial score (nSPS) is 14.1. The summed E-state index contributed by atoms with van der Waals surface area (Å²) in [6.07, 6.45) is 1.93. The first-order valence-corrected chi connectivity index (χ1v) is 8.47. The summed E-state index contributed by atoms with van der Waals surface area (Å²) in [6.45, 7) is 2.43. The topological polar surface area (TPSA) is 51.0 Å². The van der Waals surface area contributed by atoms with Gasteiger partial charge >= 0.3 is 0 Å². The van der Waals surface area contributed by atoms with E-state index in [2.05, 4.69) is 9.97 Å². The second-order valence-electron chi connectivity index (χ2n) is 6.55. The molecule has 0 aliphatic carbocycles. The molecule has 0 aromatic carbocycles. The Bertz CT molecular complexity index is 1060. The SMILES string of the molecule is Cc1cc2c(N3CCCc4ncc(C(F)F)cc43)nccc2n(C)c1=O. The minimum absolute atomic E-state index is 0.0599. The first-order chi connectivity index (χ1) is 12.5. The summed E-state index contributed by atoms with van der Waals surface area (Å²) >= 11 is 0. The number of halogens is 2. The Balaban J connectivity index is 1.95. The minimum atomic E-state index is -2.57. The van der Waals surface area contributed by atoms with E-state index in [9.17, 15) is 13.6 Å². The molecule has 0 amide bonds. The monoisotopic (exact) mass is 356 g/mol. The fourth-order valence-electron chi connectivity index (χ4n) is 3.54. The standard InChI is InChI=1S/C19H18F2N4O/c1-11-8-13-15(24(2)19(11)26)5-6-22-18(13)25-7-3-4-14-16(25)9-12(10-23-14)17(20)21/h5-6,8-10,17H,3-4,7H2,1-2H3. The molecule has 0 N–H and O–H groups in total. The molecule has 0 saturated heterocycles. The Morgan fingerprint density at radius 2 is 2.04 bits per heavy atom. The van der Waals surface area contributed by atoms with Gasteiger partial charge in [-0.15, -0.1) is 0 Å². The maximum absolute atomic E-state index is 13.2. The average Bonchev–Trinajstić information content (AvgIpc) is 2.65. The van der Waals surface area contributed by atoms with Crippen LogP contribution in [0.15, 0.2) is 35.4 Å². The predicted octanol–water partition coefficient (Wildman–Crippen LogP) is 3.66. The van der Waals surface area contributed by atoms with Crippen molar-refractivity contribution in [2.75, 3.05) is 11.4 Å². The second-order valence-corrected chi connectivity index (χ2v) is 6.55. The summed E-state index contributed by atoms with van der Waals surface area (Å²) in [5.41, 5.74) is 2.68. The Morgan fingerprint density at radius 3 is 2.81 bits per heavy atom. The predicted molar refractivity (Wildman–Crippen MR) is 96.2 cm³/mol. The number of hydrogen-bond acceptors (Lipinski definition) is 4. The first kappa shape index (κ1) is 16.6. The van der Waals surface area contributed by atoms with Gasteiger partial charge in [0.1, 0.15) is 5.82 Å². The number of rotatable bonds is 2. The average molecular weight is 356 g/mol. The van der Waals surface area contributed by atoms with Gasteiger partial charge in [0.2, 0.25) is 0 Å². The highest BCUT2D eigenvalue weighted by Crippen LogP contribution is 2.36. The van der Waals surface area contributed by atoms with E-state index in [1.165, 1.54) is 12.3 Å². The maximum Gasteiger partial charge on any atom is 0.265 e. The Kier molecular flexibility index (Phi) is 3.94. The van der Waals surface area contributed by atoms with Gasteiger partial charge in [0, 0.05) is 42.5 Å². The molecule has 0 atom stereocenters. The summed E-state index contributed by atoms with van der Waals surface area (Å²) in [5, 5.41) is 0.822. The first-order valence-electron chi connectivity index (χ1n) is 8.47. The molecule has 0 unspecified atom stereocenters. The lowest BCUT2D eigenvalue weighted by Crippen LogP contribution is -2.27. The molecule has 134 valence electrons. The molecule has 1 aliphatic rings. The molecule has 0 saturated carbocycles. The van der Waals surface area contributed by atoms with Crippen molar-refractivity contribution in [3.63, 3.8) is 0 Å². The van der Waals surface area contributed by atoms with E-state index in [0.717, 1.165) is 29.4 Å². The molecule has 0 spiro atoms. The number of aryl methyl sites for hydroxylation is 3. The van der Waals surface area contributed by atoms with Crippen LogP contribution < -0.4 is 10.5 Å². The molecule has 3 aromatic heterocycles. The molecule has 0 bridgehead atoms. The fraction of sp³-hybridized carbons (Fsp3) is 0.316. The molecule has 4 rings (SSSR count). The van der Waals surface area contributed by atoms with Crippen molar-refractivity contribution in [3.8, 4) is 0 Å². The van der Waals surface area contributed by atoms with Crippen LogP contribution in [0.4, 0.5) is 20.3 Å². The van der Waals surface area contributed by atoms with Gasteiger partial charge in [0.25, 0.3) is 12.0 Å². The zero-order valence-corrected chi connectivity index (χ0v) is 14.5. The van der Waals surface area contributed by atoms with Gasteiger partial charge in [-0.2, -0.15) is 0 Å². The molecule has 0 radical (unpaired) electrons. The molecule has 3 aromatic rings. The van der Waals surface area contributed by atoms with Crippen LogP contribution in [0.3, 0.4) is 0 Å². The van der Waals surface area contributed by atoms with Crippen molar-refractivity contribution in [2.45, 2.75) is 26.2 Å². The van der Waals surface area contributed by atoms with E-state index in [0.29, 0.717) is 23.6 Å². The van der Waals surface area contributed by atoms with Gasteiger partial charge in [-0.05, 0) is 38.0 Å². The van der Waals surface area contributed by atoms with Gasteiger partial charge in [-0.1, -0.05) is 0 Å². The number of pyridine rings is 3. The zero-order valence-electron chi connectivity index (χ0n) is 14.5. The maximum atomic E-state index is 13.2. The van der Waals surface area contributed by atoms with E-state index in [1.807, 2.05) is 11.0 Å². The largest absolute Gasteiger partial charge is 0.324 e. The van der Waals surface area contributed by atoms with E-state index >= 15 is 0 Å². The van der Waals surface area contributed by atoms with Crippen molar-refractivity contribution in [3.05, 3.63) is 57.8 Å². The third-order valence-electron chi connectivity index (χ3n) is 4.87. The molecule has 26 heavy (non-hydrogen) atoms. The summed E-state index contributed by atoms with van der Waals surface area (Å²) in [5.74, 6) is 0.662. The van der Waals surface area contributed by atoms with Crippen LogP contribution in [-0.2, 0) is 13.5 Å². The fourth-order valence-corrected chi connectivity index (χ4v) is 3.54. The number of hydrogen-bond donors (Lipinski definition) is 0. The van der Waals surface area contributed by atoms with Crippen molar-refractivity contribution in [1.82, 2.24) is 14.5 Å². The van der Waals surface area contributed by atoms with Gasteiger partial charge in [0.15, 0.2) is 0 Å². The smallest absolute Gasteiger partial charge is 0.265 e. The third-order valence-corrected chi connectivity index (χ3v) is 4.87. The lowest BCUT2D eigenvalue weighted by atomic mass is 10.0. The van der Waals surface area contributed by atoms with Crippen LogP contribution in [0, 0.1) is 6.92 Å². The number of nitrogens with zero attached hydrogens (tertiary/aromatic N) is 4. The lowest BCUT2D eigenvalue weighted by molar-refractivity contribution is 0.151. The number of fused-ring (bicyclic) bond motifs is 2. The van der Waals surface area contributed by atoms with E-state index < -0.39 is 6.43 Å². The number of alkyl halides is 2. The summed E-state index contributed by atoms with van der Waals surface area (Å²) in [7, 11) is 1.72. The zero-order chi connectivity index (χ0) is 18.4. The number of anilines is 2. The van der Waals surface area contributed by atoms with Crippen molar-refractivity contribution in [1.29, 1.82) is 0 Å². The Labute approximate surface area is 148 Å². The lowest BCUT2D eigenvalue weighted by Gasteiger charge is -2.31. The van der Waals surface area contributed by atoms with Crippen LogP contribution in [0.25, 0.3) is 10.9 Å². The molecular weight excluding hydrogens is 338 g/mol. The molecular formula is C19H18F2N4O.